The van der Waals surface area contributed by atoms with Crippen molar-refractivity contribution in [1.29, 1.82) is 0 Å². The summed E-state index contributed by atoms with van der Waals surface area (Å²) < 4.78 is 11.5. The molecule has 0 saturated carbocycles. The molecule has 0 unspecified atom stereocenters. The Morgan fingerprint density at radius 1 is 0.436 bits per heavy atom. The molecule has 0 amide bonds. The summed E-state index contributed by atoms with van der Waals surface area (Å²) >= 11 is 0. The van der Waals surface area contributed by atoms with Gasteiger partial charge in [0.25, 0.3) is 0 Å². The molecule has 1 aliphatic rings. The molecule has 1 aliphatic heterocycles. The summed E-state index contributed by atoms with van der Waals surface area (Å²) in [5, 5.41) is 9.29. The van der Waals surface area contributed by atoms with E-state index in [0.717, 1.165) is 66.5 Å². The first kappa shape index (κ1) is 50.7. The van der Waals surface area contributed by atoms with E-state index in [1.165, 1.54) is 54.7 Å². The van der Waals surface area contributed by atoms with Gasteiger partial charge in [-0.05, 0) is 141 Å². The maximum atomic E-state index is 6.87. The molecule has 0 N–H and O–H groups in total. The molecule has 3 aromatic heterocycles. The van der Waals surface area contributed by atoms with Gasteiger partial charge in [-0.1, -0.05) is 207 Å². The van der Waals surface area contributed by atoms with Crippen LogP contribution < -0.4 is 9.64 Å². The number of rotatable bonds is 6. The van der Waals surface area contributed by atoms with Gasteiger partial charge in [-0.15, -0.1) is 35.7 Å². The van der Waals surface area contributed by atoms with E-state index in [-0.39, 0.29) is 37.3 Å². The maximum absolute atomic E-state index is 6.87. The van der Waals surface area contributed by atoms with Crippen molar-refractivity contribution in [2.45, 2.75) is 78.6 Å². The van der Waals surface area contributed by atoms with Crippen LogP contribution in [-0.4, -0.2) is 14.1 Å². The van der Waals surface area contributed by atoms with Crippen molar-refractivity contribution < 1.29 is 25.8 Å². The standard InChI is InChI=1S/C72H61N4O.Pt/c1-70(2,3)49-35-36-73-67(42-49)76-64-32-18-17-29-60(64)61-34-33-54(44-65(61)76)77-53-24-19-23-52(43-53)74-45-75-68-55(48-37-47(46-21-11-10-12-22-46)38-50(39-48)71(4,5)6)30-20-31-62(68)58-27-15-13-25-56(58)57-26-14-16-28-59(57)63-40-51(72(7,8)9)41-66(74)69(63)75;/h10-42,45H,1-9H3;/q-3;. The van der Waals surface area contributed by atoms with Gasteiger partial charge in [0.2, 0.25) is 0 Å². The fourth-order valence-electron chi connectivity index (χ4n) is 11.4. The Bertz CT molecular complexity index is 4410. The number of ether oxygens (including phenoxy) is 1. The van der Waals surface area contributed by atoms with Crippen LogP contribution in [-0.2, 0) is 37.3 Å². The first-order valence-electron chi connectivity index (χ1n) is 26.8. The molecule has 6 heteroatoms. The van der Waals surface area contributed by atoms with Crippen molar-refractivity contribution in [1.82, 2.24) is 14.1 Å². The topological polar surface area (TPSA) is 35.2 Å². The molecule has 0 saturated heterocycles. The van der Waals surface area contributed by atoms with Crippen LogP contribution in [0.2, 0.25) is 0 Å². The van der Waals surface area contributed by atoms with E-state index in [2.05, 4.69) is 277 Å². The van der Waals surface area contributed by atoms with Gasteiger partial charge in [0.05, 0.1) is 0 Å². The van der Waals surface area contributed by atoms with Crippen LogP contribution in [0.5, 0.6) is 11.5 Å². The molecule has 388 valence electrons. The zero-order valence-electron chi connectivity index (χ0n) is 45.6. The number of para-hydroxylation sites is 2. The van der Waals surface area contributed by atoms with E-state index in [9.17, 15) is 0 Å². The summed E-state index contributed by atoms with van der Waals surface area (Å²) in [6.45, 7) is 22.9. The first-order chi connectivity index (χ1) is 37.1. The van der Waals surface area contributed by atoms with Crippen molar-refractivity contribution in [2.24, 2.45) is 0 Å². The maximum Gasteiger partial charge on any atom is 0.135 e. The smallest absolute Gasteiger partial charge is 0.135 e. The molecule has 78 heavy (non-hydrogen) atoms. The third-order valence-corrected chi connectivity index (χ3v) is 15.5. The first-order valence-corrected chi connectivity index (χ1v) is 26.8. The Balaban J connectivity index is 0.00000609. The second kappa shape index (κ2) is 19.1. The van der Waals surface area contributed by atoms with Gasteiger partial charge in [0.15, 0.2) is 0 Å². The second-order valence-corrected chi connectivity index (χ2v) is 23.8. The molecule has 0 bridgehead atoms. The molecule has 0 fully saturated rings. The van der Waals surface area contributed by atoms with E-state index in [1.54, 1.807) is 0 Å². The van der Waals surface area contributed by atoms with Gasteiger partial charge in [-0.2, -0.15) is 12.1 Å². The summed E-state index contributed by atoms with van der Waals surface area (Å²) in [5.74, 6) is 2.03. The molecule has 9 aromatic carbocycles. The Morgan fingerprint density at radius 3 is 1.73 bits per heavy atom. The summed E-state index contributed by atoms with van der Waals surface area (Å²) in [4.78, 5) is 7.24. The van der Waals surface area contributed by atoms with Gasteiger partial charge >= 0.3 is 0 Å². The normalized spacial score (nSPS) is 12.7. The van der Waals surface area contributed by atoms with Crippen LogP contribution in [0.1, 0.15) is 79.0 Å². The van der Waals surface area contributed by atoms with Crippen molar-refractivity contribution in [3.63, 3.8) is 0 Å². The van der Waals surface area contributed by atoms with Crippen LogP contribution in [0.3, 0.4) is 0 Å². The van der Waals surface area contributed by atoms with Crippen LogP contribution in [0.25, 0.3) is 93.2 Å². The zero-order valence-corrected chi connectivity index (χ0v) is 47.9. The van der Waals surface area contributed by atoms with Crippen molar-refractivity contribution >= 4 is 76.5 Å². The fourth-order valence-corrected chi connectivity index (χ4v) is 11.4. The third-order valence-electron chi connectivity index (χ3n) is 15.5. The van der Waals surface area contributed by atoms with Crippen molar-refractivity contribution in [3.8, 4) is 39.6 Å². The number of aromatic nitrogens is 3. The molecule has 0 aliphatic carbocycles. The Kier molecular flexibility index (Phi) is 12.4. The number of hydrogen-bond donors (Lipinski definition) is 0. The summed E-state index contributed by atoms with van der Waals surface area (Å²) in [7, 11) is 0. The average Bonchev–Trinajstić information content (AvgIpc) is 4.23. The Hall–Kier alpha value is -8.11. The van der Waals surface area contributed by atoms with E-state index in [0.29, 0.717) is 11.5 Å². The Labute approximate surface area is 472 Å². The quantitative estimate of drug-likeness (QED) is 0.156. The number of hydrogen-bond acceptors (Lipinski definition) is 3. The van der Waals surface area contributed by atoms with Crippen LogP contribution in [0.4, 0.5) is 11.4 Å². The minimum absolute atomic E-state index is 0. The molecule has 0 spiro atoms. The molecular formula is C72H61N4OPt-3. The molecular weight excluding hydrogens is 1130 g/mol. The molecule has 13 rings (SSSR count). The monoisotopic (exact) mass is 1190 g/mol. The summed E-state index contributed by atoms with van der Waals surface area (Å²) in [6, 6.07) is 78.2. The molecule has 4 heterocycles. The van der Waals surface area contributed by atoms with Gasteiger partial charge in [0.1, 0.15) is 5.82 Å². The molecule has 0 radical (unpaired) electrons. The SMILES string of the molecule is CC(C)(C)c1cc(-c2ccccc2)cc(-c2cccc3c4ccccc4c4ccccc4c4cc(C(C)(C)C)cc5c4n(c23)[CH-]N5c2[c-]c(Oc3[c-]c4c(cc3)c3ccccc3n4-c3cc(C(C)(C)C)ccn3)ccc2)c1.[Pt]. The fraction of sp³-hybridized carbons (Fsp3) is 0.167. The minimum Gasteiger partial charge on any atom is -0.509 e. The van der Waals surface area contributed by atoms with E-state index < -0.39 is 0 Å². The molecule has 0 atom stereocenters. The molecule has 5 nitrogen and oxygen atoms in total. The predicted molar refractivity (Wildman–Crippen MR) is 324 cm³/mol. The molecule has 12 aromatic rings. The number of nitrogens with zero attached hydrogens (tertiary/aromatic N) is 4. The Morgan fingerprint density at radius 2 is 1.03 bits per heavy atom. The van der Waals surface area contributed by atoms with Crippen LogP contribution in [0, 0.1) is 18.8 Å². The van der Waals surface area contributed by atoms with Crippen molar-refractivity contribution in [3.05, 3.63) is 236 Å². The number of fused-ring (bicyclic) bond motifs is 10. The van der Waals surface area contributed by atoms with Gasteiger partial charge in [0, 0.05) is 50.0 Å². The van der Waals surface area contributed by atoms with Crippen LogP contribution in [0.15, 0.2) is 200 Å². The zero-order chi connectivity index (χ0) is 53.0. The van der Waals surface area contributed by atoms with Gasteiger partial charge < -0.3 is 18.8 Å². The van der Waals surface area contributed by atoms with Crippen molar-refractivity contribution in [2.75, 3.05) is 4.90 Å². The van der Waals surface area contributed by atoms with Crippen LogP contribution >= 0.6 is 0 Å². The summed E-state index contributed by atoms with van der Waals surface area (Å²) in [5.41, 5.74) is 14.2. The average molecular weight is 1190 g/mol. The number of pyridine rings is 1. The largest absolute Gasteiger partial charge is 0.509 e. The van der Waals surface area contributed by atoms with E-state index >= 15 is 0 Å². The van der Waals surface area contributed by atoms with Gasteiger partial charge in [-0.3, -0.25) is 0 Å². The summed E-state index contributed by atoms with van der Waals surface area (Å²) in [6.07, 6.45) is 1.91. The number of benzene rings is 9. The number of anilines is 2. The predicted octanol–water partition coefficient (Wildman–Crippen LogP) is 19.5. The third kappa shape index (κ3) is 8.79. The minimum atomic E-state index is -0.171. The van der Waals surface area contributed by atoms with E-state index in [4.69, 9.17) is 9.72 Å². The second-order valence-electron chi connectivity index (χ2n) is 23.8. The van der Waals surface area contributed by atoms with E-state index in [1.807, 2.05) is 18.3 Å². The van der Waals surface area contributed by atoms with Gasteiger partial charge in [-0.25, -0.2) is 4.98 Å².